The van der Waals surface area contributed by atoms with Crippen LogP contribution in [0.2, 0.25) is 0 Å². The number of hydrogen-bond donors (Lipinski definition) is 1. The van der Waals surface area contributed by atoms with E-state index in [0.29, 0.717) is 31.3 Å². The van der Waals surface area contributed by atoms with E-state index in [9.17, 15) is 4.79 Å². The third-order valence-electron chi connectivity index (χ3n) is 7.40. The molecule has 2 aliphatic heterocycles. The Morgan fingerprint density at radius 1 is 1.08 bits per heavy atom. The maximum Gasteiger partial charge on any atom is 0.241 e. The van der Waals surface area contributed by atoms with E-state index in [1.54, 1.807) is 0 Å². The van der Waals surface area contributed by atoms with E-state index in [1.165, 1.54) is 18.5 Å². The topological polar surface area (TPSA) is 74.5 Å². The van der Waals surface area contributed by atoms with Gasteiger partial charge in [-0.3, -0.25) is 9.69 Å². The summed E-state index contributed by atoms with van der Waals surface area (Å²) in [4.78, 5) is 22.2. The number of likely N-dealkylation sites (tertiary alicyclic amines) is 1. The van der Waals surface area contributed by atoms with Crippen LogP contribution in [-0.4, -0.2) is 47.1 Å². The minimum Gasteiger partial charge on any atom is -0.371 e. The van der Waals surface area contributed by atoms with Gasteiger partial charge in [-0.15, -0.1) is 0 Å². The van der Waals surface area contributed by atoms with Gasteiger partial charge in [0.05, 0.1) is 12.5 Å². The number of hydrogen-bond acceptors (Lipinski definition) is 6. The number of nitrogens with one attached hydrogen (secondary N) is 1. The molecular weight excluding hydrogens is 450 g/mol. The van der Waals surface area contributed by atoms with E-state index in [-0.39, 0.29) is 11.8 Å². The number of nitrogens with zero attached hydrogens (tertiary/aromatic N) is 4. The number of carbonyl (C=O) groups is 1. The van der Waals surface area contributed by atoms with E-state index in [1.807, 2.05) is 12.1 Å². The first-order valence-electron chi connectivity index (χ1n) is 13.3. The van der Waals surface area contributed by atoms with Gasteiger partial charge >= 0.3 is 0 Å². The third-order valence-corrected chi connectivity index (χ3v) is 7.40. The molecule has 0 saturated carbocycles. The van der Waals surface area contributed by atoms with Crippen LogP contribution in [0.3, 0.4) is 0 Å². The average Bonchev–Trinajstić information content (AvgIpc) is 3.36. The SMILES string of the molecule is Cc1cccc(-c2noc(CN3CCCC(C(=O)NCc4ccc(N5CCCC(C)C5)cc4)C3)n2)c1. The minimum atomic E-state index is -0.0213. The lowest BCUT2D eigenvalue weighted by molar-refractivity contribution is -0.127. The largest absolute Gasteiger partial charge is 0.371 e. The highest BCUT2D eigenvalue weighted by Gasteiger charge is 2.27. The second-order valence-corrected chi connectivity index (χ2v) is 10.5. The molecule has 3 aromatic rings. The summed E-state index contributed by atoms with van der Waals surface area (Å²) in [6, 6.07) is 16.8. The summed E-state index contributed by atoms with van der Waals surface area (Å²) in [6.07, 6.45) is 4.48. The number of amides is 1. The highest BCUT2D eigenvalue weighted by molar-refractivity contribution is 5.79. The van der Waals surface area contributed by atoms with Gasteiger partial charge in [0, 0.05) is 37.4 Å². The van der Waals surface area contributed by atoms with Crippen molar-refractivity contribution < 1.29 is 9.32 Å². The first kappa shape index (κ1) is 24.5. The van der Waals surface area contributed by atoms with Crippen molar-refractivity contribution in [3.8, 4) is 11.4 Å². The standard InChI is InChI=1S/C29H37N5O2/c1-21-6-3-8-24(16-21)28-31-27(36-32-28)20-33-14-5-9-25(19-33)29(35)30-17-23-10-12-26(13-11-23)34-15-4-7-22(2)18-34/h3,6,8,10-13,16,22,25H,4-5,7,9,14-15,17-20H2,1-2H3,(H,30,35). The fourth-order valence-electron chi connectivity index (χ4n) is 5.41. The normalized spacial score (nSPS) is 20.9. The van der Waals surface area contributed by atoms with Crippen molar-refractivity contribution in [3.63, 3.8) is 0 Å². The van der Waals surface area contributed by atoms with Crippen LogP contribution in [0.25, 0.3) is 11.4 Å². The van der Waals surface area contributed by atoms with E-state index < -0.39 is 0 Å². The van der Waals surface area contributed by atoms with Gasteiger partial charge in [-0.2, -0.15) is 4.98 Å². The summed E-state index contributed by atoms with van der Waals surface area (Å²) in [5.74, 6) is 2.06. The molecule has 5 rings (SSSR count). The lowest BCUT2D eigenvalue weighted by atomic mass is 9.97. The molecule has 0 aliphatic carbocycles. The molecule has 1 aromatic heterocycles. The molecular formula is C29H37N5O2. The summed E-state index contributed by atoms with van der Waals surface area (Å²) < 4.78 is 5.52. The van der Waals surface area contributed by atoms with Crippen molar-refractivity contribution in [2.24, 2.45) is 11.8 Å². The summed E-state index contributed by atoms with van der Waals surface area (Å²) >= 11 is 0. The first-order valence-corrected chi connectivity index (χ1v) is 13.3. The van der Waals surface area contributed by atoms with Crippen molar-refractivity contribution in [3.05, 3.63) is 65.5 Å². The zero-order valence-electron chi connectivity index (χ0n) is 21.4. The van der Waals surface area contributed by atoms with Gasteiger partial charge in [-0.25, -0.2) is 0 Å². The summed E-state index contributed by atoms with van der Waals surface area (Å²) in [6.45, 7) is 9.42. The molecule has 3 heterocycles. The Morgan fingerprint density at radius 3 is 2.72 bits per heavy atom. The van der Waals surface area contributed by atoms with E-state index in [2.05, 4.69) is 75.5 Å². The number of aryl methyl sites for hydroxylation is 1. The van der Waals surface area contributed by atoms with Crippen molar-refractivity contribution >= 4 is 11.6 Å². The van der Waals surface area contributed by atoms with Gasteiger partial charge in [0.1, 0.15) is 0 Å². The van der Waals surface area contributed by atoms with Gasteiger partial charge in [-0.05, 0) is 68.8 Å². The van der Waals surface area contributed by atoms with Crippen molar-refractivity contribution in [2.75, 3.05) is 31.1 Å². The summed E-state index contributed by atoms with van der Waals surface area (Å²) in [7, 11) is 0. The molecule has 0 spiro atoms. The van der Waals surface area contributed by atoms with Gasteiger partial charge < -0.3 is 14.7 Å². The number of carbonyl (C=O) groups excluding carboxylic acids is 1. The molecule has 1 amide bonds. The Kier molecular flexibility index (Phi) is 7.66. The van der Waals surface area contributed by atoms with E-state index in [0.717, 1.165) is 55.1 Å². The van der Waals surface area contributed by atoms with Crippen LogP contribution >= 0.6 is 0 Å². The Bertz CT molecular complexity index is 1160. The summed E-state index contributed by atoms with van der Waals surface area (Å²) in [5, 5.41) is 7.31. The van der Waals surface area contributed by atoms with Gasteiger partial charge in [0.15, 0.2) is 0 Å². The van der Waals surface area contributed by atoms with Crippen LogP contribution in [0.15, 0.2) is 53.1 Å². The zero-order chi connectivity index (χ0) is 24.9. The molecule has 36 heavy (non-hydrogen) atoms. The fraction of sp³-hybridized carbons (Fsp3) is 0.483. The van der Waals surface area contributed by atoms with Crippen LogP contribution in [0.1, 0.15) is 49.6 Å². The molecule has 1 N–H and O–H groups in total. The molecule has 2 fully saturated rings. The second-order valence-electron chi connectivity index (χ2n) is 10.5. The Morgan fingerprint density at radius 2 is 1.92 bits per heavy atom. The highest BCUT2D eigenvalue weighted by atomic mass is 16.5. The Hall–Kier alpha value is -3.19. The van der Waals surface area contributed by atoms with Gasteiger partial charge in [0.2, 0.25) is 17.6 Å². The van der Waals surface area contributed by atoms with Crippen molar-refractivity contribution in [1.82, 2.24) is 20.4 Å². The van der Waals surface area contributed by atoms with Crippen molar-refractivity contribution in [1.29, 1.82) is 0 Å². The van der Waals surface area contributed by atoms with E-state index >= 15 is 0 Å². The molecule has 7 heteroatoms. The molecule has 2 unspecified atom stereocenters. The Labute approximate surface area is 213 Å². The number of piperidine rings is 2. The van der Waals surface area contributed by atoms with Crippen LogP contribution < -0.4 is 10.2 Å². The minimum absolute atomic E-state index is 0.0213. The molecule has 7 nitrogen and oxygen atoms in total. The molecule has 2 atom stereocenters. The predicted octanol–water partition coefficient (Wildman–Crippen LogP) is 4.81. The average molecular weight is 488 g/mol. The number of aromatic nitrogens is 2. The zero-order valence-corrected chi connectivity index (χ0v) is 21.4. The lowest BCUT2D eigenvalue weighted by Gasteiger charge is -2.33. The van der Waals surface area contributed by atoms with Crippen LogP contribution in [0, 0.1) is 18.8 Å². The molecule has 0 bridgehead atoms. The van der Waals surface area contributed by atoms with E-state index in [4.69, 9.17) is 4.52 Å². The predicted molar refractivity (Wildman–Crippen MR) is 141 cm³/mol. The molecule has 2 aromatic carbocycles. The fourth-order valence-corrected chi connectivity index (χ4v) is 5.41. The number of rotatable bonds is 7. The quantitative estimate of drug-likeness (QED) is 0.516. The third kappa shape index (κ3) is 6.13. The lowest BCUT2D eigenvalue weighted by Crippen LogP contribution is -2.42. The van der Waals surface area contributed by atoms with Crippen LogP contribution in [-0.2, 0) is 17.9 Å². The monoisotopic (exact) mass is 487 g/mol. The number of benzene rings is 2. The molecule has 0 radical (unpaired) electrons. The van der Waals surface area contributed by atoms with Crippen molar-refractivity contribution in [2.45, 2.75) is 52.6 Å². The second kappa shape index (κ2) is 11.2. The van der Waals surface area contributed by atoms with Gasteiger partial charge in [-0.1, -0.05) is 48.0 Å². The van der Waals surface area contributed by atoms with Crippen LogP contribution in [0.4, 0.5) is 5.69 Å². The molecule has 190 valence electrons. The maximum absolute atomic E-state index is 12.9. The summed E-state index contributed by atoms with van der Waals surface area (Å²) in [5.41, 5.74) is 4.54. The van der Waals surface area contributed by atoms with Gasteiger partial charge in [0.25, 0.3) is 0 Å². The highest BCUT2D eigenvalue weighted by Crippen LogP contribution is 2.24. The molecule has 2 aliphatic rings. The first-order chi connectivity index (χ1) is 17.5. The van der Waals surface area contributed by atoms with Crippen LogP contribution in [0.5, 0.6) is 0 Å². The molecule has 2 saturated heterocycles. The maximum atomic E-state index is 12.9. The number of anilines is 1. The Balaban J connectivity index is 1.11. The smallest absolute Gasteiger partial charge is 0.241 e.